The molecule has 5 heteroatoms. The third kappa shape index (κ3) is 7.64. The molecule has 10 rings (SSSR count). The fourth-order valence-corrected chi connectivity index (χ4v) is 9.96. The van der Waals surface area contributed by atoms with Gasteiger partial charge in [0, 0.05) is 22.2 Å². The summed E-state index contributed by atoms with van der Waals surface area (Å²) in [6.07, 6.45) is 0. The van der Waals surface area contributed by atoms with Crippen molar-refractivity contribution >= 4 is 62.0 Å². The van der Waals surface area contributed by atoms with Crippen LogP contribution in [0.15, 0.2) is 188 Å². The second-order valence-electron chi connectivity index (χ2n) is 17.2. The van der Waals surface area contributed by atoms with E-state index < -0.39 is 0 Å². The van der Waals surface area contributed by atoms with E-state index in [0.29, 0.717) is 17.6 Å². The van der Waals surface area contributed by atoms with Crippen LogP contribution in [0.3, 0.4) is 0 Å². The highest BCUT2D eigenvalue weighted by molar-refractivity contribution is 6.98. The average Bonchev–Trinajstić information content (AvgIpc) is 3.31. The molecule has 1 heterocycles. The summed E-state index contributed by atoms with van der Waals surface area (Å²) in [4.78, 5) is 18.2. The lowest BCUT2D eigenvalue weighted by molar-refractivity contribution is 1.03. The summed E-state index contributed by atoms with van der Waals surface area (Å²) >= 11 is 0. The van der Waals surface area contributed by atoms with E-state index in [1.807, 2.05) is 18.2 Å². The van der Waals surface area contributed by atoms with Crippen molar-refractivity contribution in [3.05, 3.63) is 221 Å². The van der Waals surface area contributed by atoms with Crippen molar-refractivity contribution in [3.8, 4) is 33.9 Å². The molecule has 0 bridgehead atoms. The maximum atomic E-state index is 5.42. The van der Waals surface area contributed by atoms with Crippen LogP contribution < -0.4 is 21.3 Å². The zero-order chi connectivity index (χ0) is 43.9. The number of hydrogen-bond donors (Lipinski definition) is 0. The minimum absolute atomic E-state index is 0.00336. The first-order valence-electron chi connectivity index (χ1n) is 22.1. The molecule has 0 amide bonds. The summed E-state index contributed by atoms with van der Waals surface area (Å²) in [5.41, 5.74) is 17.7. The maximum absolute atomic E-state index is 5.42. The van der Waals surface area contributed by atoms with Gasteiger partial charge in [-0.25, -0.2) is 4.98 Å². The first kappa shape index (κ1) is 40.4. The lowest BCUT2D eigenvalue weighted by atomic mass is 9.33. The molecule has 0 spiro atoms. The summed E-state index contributed by atoms with van der Waals surface area (Å²) in [5, 5.41) is 4.58. The Bertz CT molecular complexity index is 3260. The minimum atomic E-state index is -0.00336. The molecule has 1 aromatic heterocycles. The number of aromatic nitrogens is 3. The van der Waals surface area contributed by atoms with Crippen molar-refractivity contribution < 1.29 is 0 Å². The largest absolute Gasteiger partial charge is 0.278 e. The Kier molecular flexibility index (Phi) is 10.7. The molecular weight excluding hydrogens is 775 g/mol. The average molecular weight is 825 g/mol. The number of nitrogens with zero attached hydrogens (tertiary/aromatic N) is 4. The fraction of sp³-hybridized carbons (Fsp3) is 0.102. The summed E-state index contributed by atoms with van der Waals surface area (Å²) in [5.74, 6) is 1.75. The maximum Gasteiger partial charge on any atom is 0.243 e. The SMILES string of the molecule is Cc1cc(C)c(B(c2c(C)cc(C)cc2C)c2ccc(N(c3cccc(-c4ccccc4)c3)c3nc(-c4ccccc4)nc(-c4ccc5ccccc5c4)n3)c3ccccc23)c(C)c1. The zero-order valence-electron chi connectivity index (χ0n) is 37.3. The Hall–Kier alpha value is -7.63. The molecule has 10 aromatic rings. The van der Waals surface area contributed by atoms with Gasteiger partial charge in [-0.1, -0.05) is 214 Å². The number of hydrogen-bond acceptors (Lipinski definition) is 4. The highest BCUT2D eigenvalue weighted by atomic mass is 15.3. The topological polar surface area (TPSA) is 41.9 Å². The normalized spacial score (nSPS) is 11.3. The standard InChI is InChI=1S/C59H49BN4/c1-38-32-40(3)55(41(4)33-38)60(56-42(5)34-39(2)35-43(56)6)53-30-31-54(52-27-16-15-26-51(52)53)64(50-25-17-24-48(37-50)44-18-9-7-10-19-44)59-62-57(46-21-11-8-12-22-46)61-58(63-59)49-29-28-45-20-13-14-23-47(45)36-49/h7-37H,1-6H3. The van der Waals surface area contributed by atoms with Crippen LogP contribution in [0, 0.1) is 41.5 Å². The molecule has 64 heavy (non-hydrogen) atoms. The van der Waals surface area contributed by atoms with Gasteiger partial charge >= 0.3 is 0 Å². The van der Waals surface area contributed by atoms with Crippen LogP contribution in [0.2, 0.25) is 0 Å². The van der Waals surface area contributed by atoms with Gasteiger partial charge in [-0.3, -0.25) is 4.90 Å². The van der Waals surface area contributed by atoms with Gasteiger partial charge in [0.25, 0.3) is 0 Å². The van der Waals surface area contributed by atoms with Crippen molar-refractivity contribution in [1.82, 2.24) is 15.0 Å². The van der Waals surface area contributed by atoms with Gasteiger partial charge in [-0.05, 0) is 93.1 Å². The van der Waals surface area contributed by atoms with Gasteiger partial charge in [0.05, 0.1) is 5.69 Å². The Balaban J connectivity index is 1.26. The van der Waals surface area contributed by atoms with Gasteiger partial charge in [0.1, 0.15) is 0 Å². The van der Waals surface area contributed by atoms with Crippen molar-refractivity contribution in [2.24, 2.45) is 0 Å². The van der Waals surface area contributed by atoms with Crippen LogP contribution in [-0.4, -0.2) is 21.7 Å². The van der Waals surface area contributed by atoms with Gasteiger partial charge in [0.2, 0.25) is 12.7 Å². The molecule has 9 aromatic carbocycles. The molecular formula is C59H49BN4. The molecule has 0 atom stereocenters. The van der Waals surface area contributed by atoms with Crippen LogP contribution in [0.1, 0.15) is 33.4 Å². The van der Waals surface area contributed by atoms with E-state index in [2.05, 4.69) is 216 Å². The molecule has 308 valence electrons. The fourth-order valence-electron chi connectivity index (χ4n) is 9.96. The van der Waals surface area contributed by atoms with Crippen molar-refractivity contribution in [1.29, 1.82) is 0 Å². The van der Waals surface area contributed by atoms with Crippen molar-refractivity contribution in [3.63, 3.8) is 0 Å². The quantitative estimate of drug-likeness (QED) is 0.136. The van der Waals surface area contributed by atoms with Crippen LogP contribution in [0.25, 0.3) is 55.4 Å². The molecule has 0 aliphatic carbocycles. The van der Waals surface area contributed by atoms with Gasteiger partial charge in [-0.15, -0.1) is 0 Å². The second kappa shape index (κ2) is 16.9. The van der Waals surface area contributed by atoms with E-state index in [0.717, 1.165) is 44.4 Å². The Morgan fingerprint density at radius 1 is 0.375 bits per heavy atom. The van der Waals surface area contributed by atoms with E-state index in [-0.39, 0.29) is 6.71 Å². The number of fused-ring (bicyclic) bond motifs is 2. The third-order valence-corrected chi connectivity index (χ3v) is 12.6. The zero-order valence-corrected chi connectivity index (χ0v) is 37.3. The van der Waals surface area contributed by atoms with Crippen LogP contribution in [-0.2, 0) is 0 Å². The predicted molar refractivity (Wildman–Crippen MR) is 272 cm³/mol. The monoisotopic (exact) mass is 824 g/mol. The number of anilines is 3. The predicted octanol–water partition coefficient (Wildman–Crippen LogP) is 13.0. The first-order valence-corrected chi connectivity index (χ1v) is 22.1. The highest BCUT2D eigenvalue weighted by Gasteiger charge is 2.31. The summed E-state index contributed by atoms with van der Waals surface area (Å²) in [6, 6.07) is 67.2. The van der Waals surface area contributed by atoms with Crippen LogP contribution in [0.4, 0.5) is 17.3 Å². The molecule has 0 aliphatic rings. The summed E-state index contributed by atoms with van der Waals surface area (Å²) < 4.78 is 0. The molecule has 0 saturated carbocycles. The number of rotatable bonds is 9. The van der Waals surface area contributed by atoms with E-state index in [9.17, 15) is 0 Å². The number of benzene rings is 9. The molecule has 0 unspecified atom stereocenters. The smallest absolute Gasteiger partial charge is 0.243 e. The highest BCUT2D eigenvalue weighted by Crippen LogP contribution is 2.40. The first-order chi connectivity index (χ1) is 31.2. The summed E-state index contributed by atoms with van der Waals surface area (Å²) in [7, 11) is 0. The van der Waals surface area contributed by atoms with Crippen LogP contribution >= 0.6 is 0 Å². The van der Waals surface area contributed by atoms with E-state index >= 15 is 0 Å². The van der Waals surface area contributed by atoms with E-state index in [1.54, 1.807) is 0 Å². The molecule has 0 aliphatic heterocycles. The molecule has 0 N–H and O–H groups in total. The van der Waals surface area contributed by atoms with Gasteiger partial charge < -0.3 is 0 Å². The van der Waals surface area contributed by atoms with Gasteiger partial charge in [0.15, 0.2) is 11.6 Å². The van der Waals surface area contributed by atoms with E-state index in [4.69, 9.17) is 15.0 Å². The third-order valence-electron chi connectivity index (χ3n) is 12.6. The Labute approximate surface area is 377 Å². The molecule has 0 saturated heterocycles. The Morgan fingerprint density at radius 3 is 1.55 bits per heavy atom. The van der Waals surface area contributed by atoms with Gasteiger partial charge in [-0.2, -0.15) is 9.97 Å². The second-order valence-corrected chi connectivity index (χ2v) is 17.2. The van der Waals surface area contributed by atoms with Crippen molar-refractivity contribution in [2.75, 3.05) is 4.90 Å². The van der Waals surface area contributed by atoms with E-state index in [1.165, 1.54) is 60.5 Å². The molecule has 4 nitrogen and oxygen atoms in total. The summed E-state index contributed by atoms with van der Waals surface area (Å²) in [6.45, 7) is 13.5. The Morgan fingerprint density at radius 2 is 0.906 bits per heavy atom. The number of aryl methyl sites for hydroxylation is 6. The molecule has 0 fully saturated rings. The molecule has 0 radical (unpaired) electrons. The van der Waals surface area contributed by atoms with Crippen LogP contribution in [0.5, 0.6) is 0 Å². The van der Waals surface area contributed by atoms with Crippen molar-refractivity contribution in [2.45, 2.75) is 41.5 Å². The lowest BCUT2D eigenvalue weighted by Crippen LogP contribution is -2.56. The minimum Gasteiger partial charge on any atom is -0.278 e. The lowest BCUT2D eigenvalue weighted by Gasteiger charge is -2.29.